The van der Waals surface area contributed by atoms with E-state index in [1.807, 2.05) is 186 Å². The predicted octanol–water partition coefficient (Wildman–Crippen LogP) is 14.9. The Labute approximate surface area is 634 Å². The number of ether oxygens (including phenoxy) is 3. The fourth-order valence-electron chi connectivity index (χ4n) is 10.6. The maximum Gasteiger partial charge on any atom is 0.496 e. The molecule has 0 saturated carbocycles. The second-order valence-electron chi connectivity index (χ2n) is 27.3. The number of thiazole rings is 3. The molecule has 0 atom stereocenters. The monoisotopic (exact) mass is 1600 g/mol. The molecule has 0 spiro atoms. The zero-order valence-electron chi connectivity index (χ0n) is 62.2. The number of imidazole rings is 4. The molecule has 104 heavy (non-hydrogen) atoms. The number of carboxylic acid groups (broad SMARTS) is 1. The third-order valence-electron chi connectivity index (χ3n) is 18.2. The molecule has 25 nitrogen and oxygen atoms in total. The van der Waals surface area contributed by atoms with Crippen molar-refractivity contribution in [1.82, 2.24) is 52.5 Å². The van der Waals surface area contributed by atoms with Crippen molar-refractivity contribution in [1.29, 1.82) is 0 Å². The number of pyridine rings is 4. The van der Waals surface area contributed by atoms with Crippen LogP contribution >= 0.6 is 65.9 Å². The molecule has 33 heteroatoms. The maximum absolute atomic E-state index is 12.0. The first-order valence-corrected chi connectivity index (χ1v) is 37.6. The molecule has 0 unspecified atom stereocenters. The Bertz CT molecular complexity index is 4840. The largest absolute Gasteiger partial charge is 0.496 e. The van der Waals surface area contributed by atoms with Gasteiger partial charge in [0.2, 0.25) is 0 Å². The molecule has 3 saturated heterocycles. The van der Waals surface area contributed by atoms with Gasteiger partial charge < -0.3 is 47.2 Å². The number of fused-ring (bicyclic) bond motifs is 4. The summed E-state index contributed by atoms with van der Waals surface area (Å²) in [5.41, 5.74) is 7.76. The van der Waals surface area contributed by atoms with Crippen LogP contribution in [0.4, 0.5) is 0 Å². The summed E-state index contributed by atoms with van der Waals surface area (Å²) >= 11 is 11.6. The SMILES string of the molecule is CC1(C)OB(B2OC(C)(C)C(C)(C)O2)OC1(C)C.CCOC(=O)c1cnc2ccc(-c3sc(C)nc3C)cn12.CCOC(=O)c1cnc2ccc(B3OC(C)(C)C(C)(C)O3)cn12.CCOC(=O)c1cnc2ccc(Br)cn12.Cc1nc(C)c(-c2ccc3ncc(C(=O)O)n3c2)s1.Cc1nc(C)c(Br)s1. The Morgan fingerprint density at radius 1 is 0.433 bits per heavy atom. The van der Waals surface area contributed by atoms with Crippen molar-refractivity contribution >= 4 is 139 Å². The lowest BCUT2D eigenvalue weighted by atomic mass is 9.49. The molecular formula is C71H86B3Br2N11O14S3. The smallest absolute Gasteiger partial charge is 0.477 e. The first-order valence-electron chi connectivity index (χ1n) is 33.5. The number of esters is 3. The Morgan fingerprint density at radius 3 is 1.08 bits per heavy atom. The summed E-state index contributed by atoms with van der Waals surface area (Å²) in [5.74, 6) is -2.10. The van der Waals surface area contributed by atoms with Crippen LogP contribution in [0.3, 0.4) is 0 Å². The lowest BCUT2D eigenvalue weighted by molar-refractivity contribution is 0.00578. The average molecular weight is 1610 g/mol. The molecule has 550 valence electrons. The summed E-state index contributed by atoms with van der Waals surface area (Å²) in [7, 11) is -1.44. The zero-order valence-corrected chi connectivity index (χ0v) is 67.9. The van der Waals surface area contributed by atoms with E-state index < -0.39 is 44.3 Å². The summed E-state index contributed by atoms with van der Waals surface area (Å²) in [6, 6.07) is 15.1. The van der Waals surface area contributed by atoms with Crippen LogP contribution < -0.4 is 5.46 Å². The van der Waals surface area contributed by atoms with Crippen LogP contribution in [0, 0.1) is 41.5 Å². The van der Waals surface area contributed by atoms with E-state index in [1.54, 1.807) is 91.0 Å². The van der Waals surface area contributed by atoms with Crippen LogP contribution in [-0.2, 0) is 42.1 Å². The molecule has 11 aromatic heterocycles. The van der Waals surface area contributed by atoms with E-state index in [-0.39, 0.29) is 40.0 Å². The Morgan fingerprint density at radius 2 is 0.750 bits per heavy atom. The van der Waals surface area contributed by atoms with Gasteiger partial charge in [0.15, 0.2) is 22.8 Å². The second-order valence-corrected chi connectivity index (χ2v) is 33.2. The van der Waals surface area contributed by atoms with E-state index in [1.165, 1.54) is 18.6 Å². The van der Waals surface area contributed by atoms with E-state index in [0.29, 0.717) is 48.2 Å². The zero-order chi connectivity index (χ0) is 76.3. The van der Waals surface area contributed by atoms with E-state index in [9.17, 15) is 19.2 Å². The average Bonchev–Trinajstić information content (AvgIpc) is 1.59. The molecule has 3 aliphatic heterocycles. The molecule has 0 amide bonds. The highest BCUT2D eigenvalue weighted by Crippen LogP contribution is 2.43. The molecule has 14 rings (SSSR count). The molecule has 3 aliphatic rings. The predicted molar refractivity (Wildman–Crippen MR) is 412 cm³/mol. The van der Waals surface area contributed by atoms with Crippen molar-refractivity contribution in [3.8, 4) is 20.9 Å². The third-order valence-corrected chi connectivity index (χ3v) is 22.8. The number of carbonyl (C=O) groups is 4. The van der Waals surface area contributed by atoms with Gasteiger partial charge in [-0.3, -0.25) is 17.6 Å². The number of hydrogen-bond donors (Lipinski definition) is 1. The maximum atomic E-state index is 12.0. The van der Waals surface area contributed by atoms with Gasteiger partial charge in [-0.25, -0.2) is 54.1 Å². The number of carbonyl (C=O) groups excluding carboxylic acids is 3. The number of carboxylic acids is 1. The molecular weight excluding hydrogens is 1520 g/mol. The first-order chi connectivity index (χ1) is 48.7. The van der Waals surface area contributed by atoms with Crippen molar-refractivity contribution in [2.45, 2.75) is 179 Å². The Hall–Kier alpha value is -7.56. The number of aryl methyl sites for hydroxylation is 6. The van der Waals surface area contributed by atoms with Crippen molar-refractivity contribution < 1.29 is 66.4 Å². The number of aromatic carboxylic acids is 1. The summed E-state index contributed by atoms with van der Waals surface area (Å²) in [4.78, 5) is 78.4. The molecule has 14 heterocycles. The summed E-state index contributed by atoms with van der Waals surface area (Å²) in [6.07, 6.45) is 13.3. The van der Waals surface area contributed by atoms with Gasteiger partial charge in [0.25, 0.3) is 0 Å². The van der Waals surface area contributed by atoms with E-state index >= 15 is 0 Å². The minimum absolute atomic E-state index is 0.163. The molecule has 11 aromatic rings. The van der Waals surface area contributed by atoms with Crippen LogP contribution in [0.15, 0.2) is 106 Å². The number of halogens is 2. The minimum Gasteiger partial charge on any atom is -0.477 e. The van der Waals surface area contributed by atoms with Crippen LogP contribution in [0.25, 0.3) is 43.5 Å². The van der Waals surface area contributed by atoms with Crippen LogP contribution in [-0.4, -0.2) is 156 Å². The number of aromatic nitrogens is 11. The normalized spacial score (nSPS) is 16.3. The fraction of sp³-hybridized carbons (Fsp3) is 0.423. The number of rotatable bonds is 11. The van der Waals surface area contributed by atoms with Crippen LogP contribution in [0.5, 0.6) is 0 Å². The quantitative estimate of drug-likeness (QED) is 0.0715. The van der Waals surface area contributed by atoms with Crippen LogP contribution in [0.1, 0.15) is 178 Å². The van der Waals surface area contributed by atoms with Gasteiger partial charge in [0.05, 0.1) is 124 Å². The summed E-state index contributed by atoms with van der Waals surface area (Å²) in [5, 5.41) is 12.3. The van der Waals surface area contributed by atoms with Gasteiger partial charge in [-0.2, -0.15) is 0 Å². The van der Waals surface area contributed by atoms with Crippen molar-refractivity contribution in [3.63, 3.8) is 0 Å². The topological polar surface area (TPSA) is 279 Å². The molecule has 1 N–H and O–H groups in total. The third kappa shape index (κ3) is 17.9. The number of hydrogen-bond acceptors (Lipinski definition) is 23. The molecule has 0 aliphatic carbocycles. The minimum atomic E-state index is -0.984. The molecule has 0 radical (unpaired) electrons. The highest BCUT2D eigenvalue weighted by molar-refractivity contribution is 9.11. The van der Waals surface area contributed by atoms with Crippen molar-refractivity contribution in [3.05, 3.63) is 161 Å². The summed E-state index contributed by atoms with van der Waals surface area (Å²) < 4.78 is 59.8. The first kappa shape index (κ1) is 80.5. The van der Waals surface area contributed by atoms with Crippen molar-refractivity contribution in [2.24, 2.45) is 0 Å². The van der Waals surface area contributed by atoms with Gasteiger partial charge >= 0.3 is 45.0 Å². The molecule has 0 bridgehead atoms. The van der Waals surface area contributed by atoms with Crippen LogP contribution in [0.2, 0.25) is 0 Å². The summed E-state index contributed by atoms with van der Waals surface area (Å²) in [6.45, 7) is 42.5. The van der Waals surface area contributed by atoms with Gasteiger partial charge in [-0.1, -0.05) is 6.07 Å². The highest BCUT2D eigenvalue weighted by atomic mass is 79.9. The standard InChI is InChI=1S/C16H21BN2O4.C15H15N3O2S.C13H11N3O2S.C12H24B2O4.C10H9BrN2O2.C5H6BrNS/c1-6-21-14(20)12-9-18-13-8-7-11(10-19(12)13)17-22-15(2,3)16(4,5)23-17;1-4-20-15(19)12-7-16-13-6-5-11(8-18(12)13)14-9(2)17-10(3)21-14;1-7-12(19-8(2)15-7)9-3-4-11-14-5-10(13(17)18)16(11)6-9;1-9(2)10(3,4)16-13(15-9)14-17-11(5,6)12(7,8)18-14;1-2-15-10(14)8-5-12-9-4-3-7(11)6-13(8)9;1-3-5(6)8-4(2)7-3/h7-10H,6H2,1-5H3;5-8H,4H2,1-3H3;3-6H,1-2H3,(H,17,18);1-8H3;3-6H,2H2,1H3;1-2H3. The van der Waals surface area contributed by atoms with E-state index in [0.717, 1.165) is 78.0 Å². The molecule has 3 fully saturated rings. The van der Waals surface area contributed by atoms with Gasteiger partial charge in [-0.05, 0) is 225 Å². The molecule has 0 aromatic carbocycles. The Balaban J connectivity index is 0.000000147. The van der Waals surface area contributed by atoms with Gasteiger partial charge in [0.1, 0.15) is 22.6 Å². The lowest BCUT2D eigenvalue weighted by Crippen LogP contribution is -2.41. The van der Waals surface area contributed by atoms with Gasteiger partial charge in [-0.15, -0.1) is 34.0 Å². The van der Waals surface area contributed by atoms with Gasteiger partial charge in [0, 0.05) is 40.4 Å². The lowest BCUT2D eigenvalue weighted by Gasteiger charge is -2.32. The second kappa shape index (κ2) is 32.3. The Kier molecular flexibility index (Phi) is 25.0. The highest BCUT2D eigenvalue weighted by Gasteiger charge is 2.64. The number of nitrogens with zero attached hydrogens (tertiary/aromatic N) is 11. The van der Waals surface area contributed by atoms with E-state index in [4.69, 9.17) is 47.2 Å². The fourth-order valence-corrected chi connectivity index (χ4v) is 14.2. The van der Waals surface area contributed by atoms with E-state index in [2.05, 4.69) is 66.7 Å². The van der Waals surface area contributed by atoms with Crippen molar-refractivity contribution in [2.75, 3.05) is 19.8 Å².